The summed E-state index contributed by atoms with van der Waals surface area (Å²) in [5.74, 6) is 2.67. The maximum Gasteiger partial charge on any atom is 0.141 e. The monoisotopic (exact) mass is 397 g/mol. The third kappa shape index (κ3) is 4.10. The third-order valence-corrected chi connectivity index (χ3v) is 5.81. The van der Waals surface area contributed by atoms with Crippen molar-refractivity contribution < 1.29 is 4.74 Å². The number of para-hydroxylation sites is 3. The molecule has 0 amide bonds. The highest BCUT2D eigenvalue weighted by Crippen LogP contribution is 2.29. The number of nitrogens with zero attached hydrogens (tertiary/aromatic N) is 3. The van der Waals surface area contributed by atoms with Gasteiger partial charge in [-0.15, -0.1) is 0 Å². The summed E-state index contributed by atoms with van der Waals surface area (Å²) in [6.07, 6.45) is 4.00. The Balaban J connectivity index is 1.46. The molecule has 152 valence electrons. The molecule has 4 nitrogen and oxygen atoms in total. The van der Waals surface area contributed by atoms with Crippen LogP contribution in [0.2, 0.25) is 0 Å². The van der Waals surface area contributed by atoms with E-state index in [4.69, 9.17) is 9.72 Å². The van der Waals surface area contributed by atoms with Crippen molar-refractivity contribution in [3.8, 4) is 22.9 Å². The lowest BCUT2D eigenvalue weighted by Crippen LogP contribution is -2.32. The van der Waals surface area contributed by atoms with Gasteiger partial charge in [-0.25, -0.2) is 4.98 Å². The Labute approximate surface area is 177 Å². The molecular formula is C26H27N3O. The van der Waals surface area contributed by atoms with Crippen molar-refractivity contribution in [2.24, 2.45) is 0 Å². The molecule has 0 unspecified atom stereocenters. The number of likely N-dealkylation sites (tertiary alicyclic amines) is 1. The molecule has 1 aliphatic rings. The molecule has 5 rings (SSSR count). The van der Waals surface area contributed by atoms with E-state index >= 15 is 0 Å². The zero-order valence-corrected chi connectivity index (χ0v) is 17.2. The van der Waals surface area contributed by atoms with Gasteiger partial charge in [0.25, 0.3) is 0 Å². The highest BCUT2D eigenvalue weighted by Gasteiger charge is 2.15. The van der Waals surface area contributed by atoms with Crippen LogP contribution in [0.5, 0.6) is 11.5 Å². The van der Waals surface area contributed by atoms with E-state index in [2.05, 4.69) is 45.9 Å². The number of imidazole rings is 1. The lowest BCUT2D eigenvalue weighted by Gasteiger charge is -2.26. The molecule has 1 aliphatic heterocycles. The molecule has 0 atom stereocenters. The normalized spacial score (nSPS) is 14.8. The second-order valence-corrected chi connectivity index (χ2v) is 7.92. The topological polar surface area (TPSA) is 30.3 Å². The molecule has 4 aromatic rings. The first-order valence-electron chi connectivity index (χ1n) is 10.9. The standard InChI is InChI=1S/C26H27N3O/c1-3-11-22(12-4-1)30-23-13-9-10-21(20-23)26-27-24-14-5-6-15-25(24)29(26)19-18-28-16-7-2-8-17-28/h1,3-6,9-15,20H,2,7-8,16-19H2. The average molecular weight is 398 g/mol. The molecule has 3 aromatic carbocycles. The molecule has 0 saturated carbocycles. The summed E-state index contributed by atoms with van der Waals surface area (Å²) in [4.78, 5) is 7.56. The van der Waals surface area contributed by atoms with Gasteiger partial charge in [-0.3, -0.25) is 0 Å². The second kappa shape index (κ2) is 8.72. The van der Waals surface area contributed by atoms with Crippen LogP contribution in [0.25, 0.3) is 22.4 Å². The zero-order chi connectivity index (χ0) is 20.2. The van der Waals surface area contributed by atoms with E-state index in [0.29, 0.717) is 0 Å². The van der Waals surface area contributed by atoms with Crippen molar-refractivity contribution in [1.29, 1.82) is 0 Å². The molecule has 0 bridgehead atoms. The highest BCUT2D eigenvalue weighted by molar-refractivity contribution is 5.80. The number of piperidine rings is 1. The summed E-state index contributed by atoms with van der Waals surface area (Å²) in [5.41, 5.74) is 3.32. The molecule has 0 radical (unpaired) electrons. The van der Waals surface area contributed by atoms with E-state index < -0.39 is 0 Å². The summed E-state index contributed by atoms with van der Waals surface area (Å²) in [5, 5.41) is 0. The fourth-order valence-corrected chi connectivity index (χ4v) is 4.27. The van der Waals surface area contributed by atoms with Crippen molar-refractivity contribution in [3.05, 3.63) is 78.9 Å². The van der Waals surface area contributed by atoms with E-state index in [-0.39, 0.29) is 0 Å². The first-order valence-corrected chi connectivity index (χ1v) is 10.9. The van der Waals surface area contributed by atoms with Crippen molar-refractivity contribution in [2.45, 2.75) is 25.8 Å². The van der Waals surface area contributed by atoms with Crippen molar-refractivity contribution in [1.82, 2.24) is 14.5 Å². The number of hydrogen-bond acceptors (Lipinski definition) is 3. The molecule has 1 fully saturated rings. The Hall–Kier alpha value is -3.11. The van der Waals surface area contributed by atoms with E-state index in [1.54, 1.807) is 0 Å². The third-order valence-electron chi connectivity index (χ3n) is 5.81. The van der Waals surface area contributed by atoms with Crippen LogP contribution in [0.3, 0.4) is 0 Å². The van der Waals surface area contributed by atoms with Crippen LogP contribution < -0.4 is 4.74 Å². The number of benzene rings is 3. The first kappa shape index (κ1) is 18.9. The van der Waals surface area contributed by atoms with Crippen LogP contribution in [0, 0.1) is 0 Å². The lowest BCUT2D eigenvalue weighted by atomic mass is 10.1. The van der Waals surface area contributed by atoms with Crippen LogP contribution in [-0.4, -0.2) is 34.1 Å². The van der Waals surface area contributed by atoms with Gasteiger partial charge in [0.1, 0.15) is 17.3 Å². The van der Waals surface area contributed by atoms with E-state index in [0.717, 1.165) is 41.5 Å². The van der Waals surface area contributed by atoms with Gasteiger partial charge in [-0.05, 0) is 62.3 Å². The summed E-state index contributed by atoms with van der Waals surface area (Å²) < 4.78 is 8.43. The number of aromatic nitrogens is 2. The van der Waals surface area contributed by atoms with Gasteiger partial charge in [-0.2, -0.15) is 0 Å². The molecule has 0 spiro atoms. The van der Waals surface area contributed by atoms with E-state index in [1.807, 2.05) is 42.5 Å². The summed E-state index contributed by atoms with van der Waals surface area (Å²) in [7, 11) is 0. The SMILES string of the molecule is c1ccc(Oc2cccc(-c3nc4ccccc4n3CCN3CCCCC3)c2)cc1. The van der Waals surface area contributed by atoms with Gasteiger partial charge in [0.05, 0.1) is 11.0 Å². The molecule has 4 heteroatoms. The predicted octanol–water partition coefficient (Wildman–Crippen LogP) is 5.98. The molecule has 30 heavy (non-hydrogen) atoms. The zero-order valence-electron chi connectivity index (χ0n) is 17.2. The summed E-state index contributed by atoms with van der Waals surface area (Å²) >= 11 is 0. The number of ether oxygens (including phenoxy) is 1. The van der Waals surface area contributed by atoms with Crippen molar-refractivity contribution in [2.75, 3.05) is 19.6 Å². The smallest absolute Gasteiger partial charge is 0.141 e. The Bertz CT molecular complexity index is 1110. The highest BCUT2D eigenvalue weighted by atomic mass is 16.5. The Morgan fingerprint density at radius 1 is 0.733 bits per heavy atom. The van der Waals surface area contributed by atoms with Crippen LogP contribution in [0.4, 0.5) is 0 Å². The van der Waals surface area contributed by atoms with Crippen LogP contribution >= 0.6 is 0 Å². The van der Waals surface area contributed by atoms with Gasteiger partial charge in [0.15, 0.2) is 0 Å². The van der Waals surface area contributed by atoms with Gasteiger partial charge in [0.2, 0.25) is 0 Å². The molecular weight excluding hydrogens is 370 g/mol. The minimum atomic E-state index is 0.827. The van der Waals surface area contributed by atoms with Crippen molar-refractivity contribution >= 4 is 11.0 Å². The minimum Gasteiger partial charge on any atom is -0.457 e. The molecule has 1 aromatic heterocycles. The average Bonchev–Trinajstić information content (AvgIpc) is 3.18. The Morgan fingerprint density at radius 2 is 1.50 bits per heavy atom. The van der Waals surface area contributed by atoms with Gasteiger partial charge < -0.3 is 14.2 Å². The first-order chi connectivity index (χ1) is 14.9. The maximum absolute atomic E-state index is 6.06. The number of fused-ring (bicyclic) bond motifs is 1. The molecule has 0 N–H and O–H groups in total. The van der Waals surface area contributed by atoms with Gasteiger partial charge >= 0.3 is 0 Å². The molecule has 0 aliphatic carbocycles. The molecule has 2 heterocycles. The van der Waals surface area contributed by atoms with Gasteiger partial charge in [-0.1, -0.05) is 48.9 Å². The summed E-state index contributed by atoms with van der Waals surface area (Å²) in [6, 6.07) is 26.6. The van der Waals surface area contributed by atoms with Crippen molar-refractivity contribution in [3.63, 3.8) is 0 Å². The number of rotatable bonds is 6. The quantitative estimate of drug-likeness (QED) is 0.401. The lowest BCUT2D eigenvalue weighted by molar-refractivity contribution is 0.222. The fraction of sp³-hybridized carbons (Fsp3) is 0.269. The molecule has 1 saturated heterocycles. The fourth-order valence-electron chi connectivity index (χ4n) is 4.27. The Morgan fingerprint density at radius 3 is 2.37 bits per heavy atom. The largest absolute Gasteiger partial charge is 0.457 e. The maximum atomic E-state index is 6.06. The van der Waals surface area contributed by atoms with Crippen LogP contribution in [0.1, 0.15) is 19.3 Å². The Kier molecular flexibility index (Phi) is 5.49. The minimum absolute atomic E-state index is 0.827. The van der Waals surface area contributed by atoms with Crippen LogP contribution in [0.15, 0.2) is 78.9 Å². The van der Waals surface area contributed by atoms with Crippen LogP contribution in [-0.2, 0) is 6.54 Å². The van der Waals surface area contributed by atoms with Gasteiger partial charge in [0, 0.05) is 18.7 Å². The van der Waals surface area contributed by atoms with E-state index in [9.17, 15) is 0 Å². The number of hydrogen-bond donors (Lipinski definition) is 0. The predicted molar refractivity (Wildman–Crippen MR) is 122 cm³/mol. The van der Waals surface area contributed by atoms with E-state index in [1.165, 1.54) is 37.9 Å². The second-order valence-electron chi connectivity index (χ2n) is 7.92. The summed E-state index contributed by atoms with van der Waals surface area (Å²) in [6.45, 7) is 4.43.